The van der Waals surface area contributed by atoms with Gasteiger partial charge in [0.05, 0.1) is 24.8 Å². The summed E-state index contributed by atoms with van der Waals surface area (Å²) in [4.78, 5) is 30.4. The normalized spacial score (nSPS) is 13.8. The zero-order valence-corrected chi connectivity index (χ0v) is 28.5. The molecule has 4 aromatic rings. The molecular weight excluding hydrogens is 627 g/mol. The molecule has 252 valence electrons. The molecule has 0 saturated heterocycles. The molecule has 1 N–H and O–H groups in total. The van der Waals surface area contributed by atoms with E-state index in [0.717, 1.165) is 46.7 Å². The molecule has 1 atom stereocenters. The van der Waals surface area contributed by atoms with Crippen molar-refractivity contribution in [2.75, 3.05) is 25.1 Å². The predicted octanol–water partition coefficient (Wildman–Crippen LogP) is 5.91. The molecule has 0 heterocycles. The summed E-state index contributed by atoms with van der Waals surface area (Å²) in [6, 6.07) is 29.2. The molecule has 1 saturated carbocycles. The summed E-state index contributed by atoms with van der Waals surface area (Å²) >= 11 is 0. The highest BCUT2D eigenvalue weighted by atomic mass is 32.2. The van der Waals surface area contributed by atoms with Crippen LogP contribution in [0.4, 0.5) is 5.69 Å². The maximum absolute atomic E-state index is 14.7. The quantitative estimate of drug-likeness (QED) is 0.179. The molecule has 10 heteroatoms. The van der Waals surface area contributed by atoms with Crippen LogP contribution in [0, 0.1) is 6.92 Å². The van der Waals surface area contributed by atoms with Gasteiger partial charge in [0.25, 0.3) is 10.0 Å². The van der Waals surface area contributed by atoms with Crippen molar-refractivity contribution in [3.63, 3.8) is 0 Å². The average molecular weight is 670 g/mol. The van der Waals surface area contributed by atoms with Crippen molar-refractivity contribution in [3.05, 3.63) is 120 Å². The number of nitrogens with zero attached hydrogens (tertiary/aromatic N) is 2. The summed E-state index contributed by atoms with van der Waals surface area (Å²) in [5.74, 6) is -0.0515. The van der Waals surface area contributed by atoms with E-state index >= 15 is 0 Å². The van der Waals surface area contributed by atoms with E-state index in [0.29, 0.717) is 11.5 Å². The van der Waals surface area contributed by atoms with Crippen LogP contribution in [-0.4, -0.2) is 58.0 Å². The van der Waals surface area contributed by atoms with E-state index in [1.807, 2.05) is 61.5 Å². The number of carbonyl (C=O) groups excluding carboxylic acids is 2. The standard InChI is InChI=1S/C38H43N3O6S/c1-28-18-20-30(21-19-28)26-40(34(24-29-12-6-4-7-13-29)38(43)39-31-14-10-11-15-31)37(42)27-41(48(44,45)33-16-8-5-9-17-33)32-22-23-35(46-2)36(25-32)47-3/h4-9,12-13,16-23,25,31,34H,10-11,14-15,24,26-27H2,1-3H3,(H,39,43)/t34-/m1/s1. The lowest BCUT2D eigenvalue weighted by molar-refractivity contribution is -0.140. The molecule has 1 aliphatic carbocycles. The van der Waals surface area contributed by atoms with Gasteiger partial charge in [0.2, 0.25) is 11.8 Å². The number of methoxy groups -OCH3 is 2. The van der Waals surface area contributed by atoms with Gasteiger partial charge < -0.3 is 19.7 Å². The van der Waals surface area contributed by atoms with Crippen LogP contribution >= 0.6 is 0 Å². The van der Waals surface area contributed by atoms with Gasteiger partial charge in [0.15, 0.2) is 11.5 Å². The van der Waals surface area contributed by atoms with Gasteiger partial charge in [-0.05, 0) is 55.2 Å². The summed E-state index contributed by atoms with van der Waals surface area (Å²) in [5.41, 5.74) is 2.99. The predicted molar refractivity (Wildman–Crippen MR) is 187 cm³/mol. The third-order valence-corrected chi connectivity index (χ3v) is 10.5. The fraction of sp³-hybridized carbons (Fsp3) is 0.316. The van der Waals surface area contributed by atoms with Gasteiger partial charge in [-0.1, -0.05) is 91.2 Å². The second-order valence-electron chi connectivity index (χ2n) is 12.1. The molecule has 0 unspecified atom stereocenters. The van der Waals surface area contributed by atoms with Crippen LogP contribution in [-0.2, 0) is 32.6 Å². The molecule has 1 fully saturated rings. The van der Waals surface area contributed by atoms with Crippen LogP contribution in [0.1, 0.15) is 42.4 Å². The van der Waals surface area contributed by atoms with E-state index < -0.39 is 28.5 Å². The number of carbonyl (C=O) groups is 2. The van der Waals surface area contributed by atoms with Crippen molar-refractivity contribution in [1.82, 2.24) is 10.2 Å². The van der Waals surface area contributed by atoms with E-state index in [-0.39, 0.29) is 35.5 Å². The number of hydrogen-bond donors (Lipinski definition) is 1. The van der Waals surface area contributed by atoms with Crippen LogP contribution < -0.4 is 19.1 Å². The minimum Gasteiger partial charge on any atom is -0.493 e. The molecule has 4 aromatic carbocycles. The number of benzene rings is 4. The number of aryl methyl sites for hydroxylation is 1. The van der Waals surface area contributed by atoms with Gasteiger partial charge in [0.1, 0.15) is 12.6 Å². The van der Waals surface area contributed by atoms with Gasteiger partial charge in [-0.2, -0.15) is 0 Å². The molecule has 2 amide bonds. The Morgan fingerprint density at radius 3 is 2.06 bits per heavy atom. The minimum absolute atomic E-state index is 0.0254. The number of amides is 2. The fourth-order valence-electron chi connectivity index (χ4n) is 6.04. The highest BCUT2D eigenvalue weighted by molar-refractivity contribution is 7.92. The first kappa shape index (κ1) is 34.5. The largest absolute Gasteiger partial charge is 0.493 e. The molecule has 0 spiro atoms. The van der Waals surface area contributed by atoms with Gasteiger partial charge >= 0.3 is 0 Å². The molecule has 5 rings (SSSR count). The average Bonchev–Trinajstić information content (AvgIpc) is 3.63. The van der Waals surface area contributed by atoms with Crippen LogP contribution in [0.15, 0.2) is 108 Å². The highest BCUT2D eigenvalue weighted by Crippen LogP contribution is 2.34. The monoisotopic (exact) mass is 669 g/mol. The van der Waals surface area contributed by atoms with Crippen molar-refractivity contribution in [1.29, 1.82) is 0 Å². The molecular formula is C38H43N3O6S. The first-order chi connectivity index (χ1) is 23.2. The lowest BCUT2D eigenvalue weighted by Gasteiger charge is -2.34. The Bertz CT molecular complexity index is 1780. The van der Waals surface area contributed by atoms with Crippen molar-refractivity contribution in [3.8, 4) is 11.5 Å². The van der Waals surface area contributed by atoms with E-state index in [9.17, 15) is 18.0 Å². The third-order valence-electron chi connectivity index (χ3n) is 8.71. The van der Waals surface area contributed by atoms with Crippen molar-refractivity contribution >= 4 is 27.5 Å². The molecule has 0 aliphatic heterocycles. The smallest absolute Gasteiger partial charge is 0.264 e. The Labute approximate surface area is 283 Å². The van der Waals surface area contributed by atoms with E-state index in [4.69, 9.17) is 9.47 Å². The molecule has 0 aromatic heterocycles. The van der Waals surface area contributed by atoms with E-state index in [1.54, 1.807) is 30.3 Å². The van der Waals surface area contributed by atoms with Gasteiger partial charge in [-0.25, -0.2) is 8.42 Å². The van der Waals surface area contributed by atoms with E-state index in [2.05, 4.69) is 5.32 Å². The second kappa shape index (κ2) is 15.8. The topological polar surface area (TPSA) is 105 Å². The Morgan fingerprint density at radius 1 is 0.812 bits per heavy atom. The second-order valence-corrected chi connectivity index (χ2v) is 13.9. The minimum atomic E-state index is -4.24. The molecule has 0 radical (unpaired) electrons. The van der Waals surface area contributed by atoms with Crippen molar-refractivity contribution in [2.24, 2.45) is 0 Å². The van der Waals surface area contributed by atoms with Crippen LogP contribution in [0.2, 0.25) is 0 Å². The number of rotatable bonds is 14. The number of sulfonamides is 1. The van der Waals surface area contributed by atoms with Crippen LogP contribution in [0.3, 0.4) is 0 Å². The summed E-state index contributed by atoms with van der Waals surface area (Å²) in [6.45, 7) is 1.54. The van der Waals surface area contributed by atoms with Crippen LogP contribution in [0.25, 0.3) is 0 Å². The number of nitrogens with one attached hydrogen (secondary N) is 1. The zero-order chi connectivity index (χ0) is 34.1. The first-order valence-electron chi connectivity index (χ1n) is 16.2. The maximum atomic E-state index is 14.7. The number of anilines is 1. The zero-order valence-electron chi connectivity index (χ0n) is 27.7. The number of hydrogen-bond acceptors (Lipinski definition) is 6. The lowest BCUT2D eigenvalue weighted by atomic mass is 10.0. The summed E-state index contributed by atoms with van der Waals surface area (Å²) in [6.07, 6.45) is 4.12. The van der Waals surface area contributed by atoms with Crippen LogP contribution in [0.5, 0.6) is 11.5 Å². The Kier molecular flexibility index (Phi) is 11.4. The van der Waals surface area contributed by atoms with E-state index in [1.165, 1.54) is 37.3 Å². The Hall–Kier alpha value is -4.83. The van der Waals surface area contributed by atoms with Crippen molar-refractivity contribution < 1.29 is 27.5 Å². The van der Waals surface area contributed by atoms with Gasteiger partial charge in [-0.15, -0.1) is 0 Å². The summed E-state index contributed by atoms with van der Waals surface area (Å²) in [7, 11) is -1.29. The Balaban J connectivity index is 1.58. The number of ether oxygens (including phenoxy) is 2. The fourth-order valence-corrected chi connectivity index (χ4v) is 7.47. The van der Waals surface area contributed by atoms with Gasteiger partial charge in [0, 0.05) is 25.1 Å². The Morgan fingerprint density at radius 2 is 1.44 bits per heavy atom. The summed E-state index contributed by atoms with van der Waals surface area (Å²) in [5, 5.41) is 3.20. The third kappa shape index (κ3) is 8.36. The molecule has 48 heavy (non-hydrogen) atoms. The lowest BCUT2D eigenvalue weighted by Crippen LogP contribution is -2.54. The highest BCUT2D eigenvalue weighted by Gasteiger charge is 2.35. The first-order valence-corrected chi connectivity index (χ1v) is 17.6. The summed E-state index contributed by atoms with van der Waals surface area (Å²) < 4.78 is 40.5. The molecule has 1 aliphatic rings. The van der Waals surface area contributed by atoms with Gasteiger partial charge in [-0.3, -0.25) is 13.9 Å². The SMILES string of the molecule is COc1ccc(N(CC(=O)N(Cc2ccc(C)cc2)[C@H](Cc2ccccc2)C(=O)NC2CCCC2)S(=O)(=O)c2ccccc2)cc1OC. The van der Waals surface area contributed by atoms with Crippen molar-refractivity contribution in [2.45, 2.75) is 62.6 Å². The maximum Gasteiger partial charge on any atom is 0.264 e. The molecule has 0 bridgehead atoms. The molecule has 9 nitrogen and oxygen atoms in total.